The lowest BCUT2D eigenvalue weighted by Gasteiger charge is -2.06. The first-order valence-corrected chi connectivity index (χ1v) is 5.49. The summed E-state index contributed by atoms with van der Waals surface area (Å²) in [4.78, 5) is 10.7. The monoisotopic (exact) mass is 230 g/mol. The molecule has 0 heterocycles. The van der Waals surface area contributed by atoms with Crippen LogP contribution in [-0.2, 0) is 10.2 Å². The Morgan fingerprint density at radius 1 is 1.47 bits per heavy atom. The van der Waals surface area contributed by atoms with E-state index < -0.39 is 16.2 Å². The number of rotatable bonds is 3. The first kappa shape index (κ1) is 11.5. The zero-order chi connectivity index (χ0) is 11.6. The average molecular weight is 230 g/mol. The predicted octanol–water partition coefficient (Wildman–Crippen LogP) is 0.309. The van der Waals surface area contributed by atoms with E-state index in [1.807, 2.05) is 4.72 Å². The molecule has 1 aromatic carbocycles. The SMILES string of the molecule is Cc1ccc(NS(N)(=O)=O)cc1C(=O)O. The maximum Gasteiger partial charge on any atom is 0.336 e. The molecule has 0 amide bonds. The van der Waals surface area contributed by atoms with Gasteiger partial charge in [0.25, 0.3) is 10.2 Å². The molecule has 15 heavy (non-hydrogen) atoms. The van der Waals surface area contributed by atoms with Crippen LogP contribution in [0.25, 0.3) is 0 Å². The highest BCUT2D eigenvalue weighted by Gasteiger charge is 2.09. The molecule has 1 aromatic rings. The second kappa shape index (κ2) is 3.87. The number of aryl methyl sites for hydroxylation is 1. The van der Waals surface area contributed by atoms with E-state index in [2.05, 4.69) is 0 Å². The molecule has 0 aliphatic rings. The molecule has 1 rings (SSSR count). The highest BCUT2D eigenvalue weighted by Crippen LogP contribution is 2.15. The molecule has 82 valence electrons. The summed E-state index contributed by atoms with van der Waals surface area (Å²) in [6.45, 7) is 1.62. The lowest BCUT2D eigenvalue weighted by Crippen LogP contribution is -2.21. The summed E-state index contributed by atoms with van der Waals surface area (Å²) in [7, 11) is -3.88. The van der Waals surface area contributed by atoms with Gasteiger partial charge in [0, 0.05) is 0 Å². The van der Waals surface area contributed by atoms with Crippen LogP contribution in [0.15, 0.2) is 18.2 Å². The zero-order valence-electron chi connectivity index (χ0n) is 7.89. The minimum Gasteiger partial charge on any atom is -0.478 e. The van der Waals surface area contributed by atoms with Crippen molar-refractivity contribution in [3.8, 4) is 0 Å². The summed E-state index contributed by atoms with van der Waals surface area (Å²) >= 11 is 0. The van der Waals surface area contributed by atoms with Gasteiger partial charge < -0.3 is 5.11 Å². The Morgan fingerprint density at radius 3 is 2.53 bits per heavy atom. The number of aromatic carboxylic acids is 1. The molecule has 0 aromatic heterocycles. The molecular weight excluding hydrogens is 220 g/mol. The number of hydrogen-bond donors (Lipinski definition) is 3. The average Bonchev–Trinajstić information content (AvgIpc) is 2.05. The summed E-state index contributed by atoms with van der Waals surface area (Å²) in [6, 6.07) is 4.14. The highest BCUT2D eigenvalue weighted by atomic mass is 32.2. The lowest BCUT2D eigenvalue weighted by molar-refractivity contribution is 0.0696. The number of carboxylic acids is 1. The van der Waals surface area contributed by atoms with Crippen LogP contribution in [0.5, 0.6) is 0 Å². The Morgan fingerprint density at radius 2 is 2.07 bits per heavy atom. The van der Waals surface area contributed by atoms with Crippen LogP contribution in [0.2, 0.25) is 0 Å². The fraction of sp³-hybridized carbons (Fsp3) is 0.125. The van der Waals surface area contributed by atoms with E-state index in [4.69, 9.17) is 10.2 Å². The zero-order valence-corrected chi connectivity index (χ0v) is 8.71. The van der Waals surface area contributed by atoms with Gasteiger partial charge in [0.1, 0.15) is 0 Å². The van der Waals surface area contributed by atoms with Crippen LogP contribution >= 0.6 is 0 Å². The number of carbonyl (C=O) groups is 1. The molecule has 7 heteroatoms. The van der Waals surface area contributed by atoms with E-state index in [1.165, 1.54) is 18.2 Å². The molecule has 0 saturated heterocycles. The molecule has 6 nitrogen and oxygen atoms in total. The number of nitrogens with two attached hydrogens (primary N) is 1. The van der Waals surface area contributed by atoms with Crippen molar-refractivity contribution in [1.29, 1.82) is 0 Å². The fourth-order valence-electron chi connectivity index (χ4n) is 1.08. The first-order chi connectivity index (χ1) is 6.79. The number of hydrogen-bond acceptors (Lipinski definition) is 3. The van der Waals surface area contributed by atoms with Gasteiger partial charge in [0.2, 0.25) is 0 Å². The summed E-state index contributed by atoms with van der Waals surface area (Å²) < 4.78 is 23.4. The minimum atomic E-state index is -3.88. The Bertz CT molecular complexity index is 495. The van der Waals surface area contributed by atoms with E-state index in [9.17, 15) is 13.2 Å². The number of carboxylic acid groups (broad SMARTS) is 1. The summed E-state index contributed by atoms with van der Waals surface area (Å²) in [5, 5.41) is 13.5. The van der Waals surface area contributed by atoms with E-state index >= 15 is 0 Å². The maximum absolute atomic E-state index is 10.7. The van der Waals surface area contributed by atoms with Crippen molar-refractivity contribution in [2.75, 3.05) is 4.72 Å². The molecule has 0 bridgehead atoms. The van der Waals surface area contributed by atoms with E-state index in [0.717, 1.165) is 0 Å². The molecule has 0 aliphatic carbocycles. The molecule has 0 saturated carbocycles. The molecule has 0 radical (unpaired) electrons. The van der Waals surface area contributed by atoms with Crippen molar-refractivity contribution in [1.82, 2.24) is 0 Å². The van der Waals surface area contributed by atoms with Crippen LogP contribution in [0, 0.1) is 6.92 Å². The van der Waals surface area contributed by atoms with Crippen LogP contribution in [-0.4, -0.2) is 19.5 Å². The quantitative estimate of drug-likeness (QED) is 0.694. The fourth-order valence-corrected chi connectivity index (χ4v) is 1.54. The number of benzene rings is 1. The Hall–Kier alpha value is -1.60. The summed E-state index contributed by atoms with van der Waals surface area (Å²) in [6.07, 6.45) is 0. The summed E-state index contributed by atoms with van der Waals surface area (Å²) in [5.41, 5.74) is 0.701. The Balaban J connectivity index is 3.14. The van der Waals surface area contributed by atoms with Crippen molar-refractivity contribution in [3.05, 3.63) is 29.3 Å². The molecule has 0 aliphatic heterocycles. The standard InChI is InChI=1S/C8H10N2O4S/c1-5-2-3-6(10-15(9,13)14)4-7(5)8(11)12/h2-4,10H,1H3,(H,11,12)(H2,9,13,14). The van der Waals surface area contributed by atoms with Crippen molar-refractivity contribution >= 4 is 21.9 Å². The smallest absolute Gasteiger partial charge is 0.336 e. The predicted molar refractivity (Wildman–Crippen MR) is 54.9 cm³/mol. The first-order valence-electron chi connectivity index (χ1n) is 3.94. The molecule has 0 atom stereocenters. The molecule has 0 fully saturated rings. The van der Waals surface area contributed by atoms with E-state index in [-0.39, 0.29) is 11.3 Å². The maximum atomic E-state index is 10.7. The molecular formula is C8H10N2O4S. The largest absolute Gasteiger partial charge is 0.478 e. The molecule has 0 unspecified atom stereocenters. The summed E-state index contributed by atoms with van der Waals surface area (Å²) in [5.74, 6) is -1.12. The van der Waals surface area contributed by atoms with Gasteiger partial charge in [-0.3, -0.25) is 4.72 Å². The third kappa shape index (κ3) is 3.22. The topological polar surface area (TPSA) is 109 Å². The van der Waals surface area contributed by atoms with Gasteiger partial charge in [-0.05, 0) is 24.6 Å². The van der Waals surface area contributed by atoms with Crippen molar-refractivity contribution in [2.24, 2.45) is 5.14 Å². The van der Waals surface area contributed by atoms with Gasteiger partial charge in [0.15, 0.2) is 0 Å². The Kier molecular flexibility index (Phi) is 2.96. The highest BCUT2D eigenvalue weighted by molar-refractivity contribution is 7.90. The molecule has 4 N–H and O–H groups in total. The van der Waals surface area contributed by atoms with Crippen molar-refractivity contribution in [3.63, 3.8) is 0 Å². The number of nitrogens with one attached hydrogen (secondary N) is 1. The van der Waals surface area contributed by atoms with Gasteiger partial charge in [-0.1, -0.05) is 6.07 Å². The van der Waals surface area contributed by atoms with Crippen LogP contribution in [0.4, 0.5) is 5.69 Å². The second-order valence-electron chi connectivity index (χ2n) is 2.98. The van der Waals surface area contributed by atoms with Gasteiger partial charge in [-0.2, -0.15) is 8.42 Å². The minimum absolute atomic E-state index is 0.0312. The van der Waals surface area contributed by atoms with E-state index in [1.54, 1.807) is 6.92 Å². The second-order valence-corrected chi connectivity index (χ2v) is 4.28. The van der Waals surface area contributed by atoms with E-state index in [0.29, 0.717) is 5.56 Å². The van der Waals surface area contributed by atoms with Crippen molar-refractivity contribution < 1.29 is 18.3 Å². The normalized spacial score (nSPS) is 11.1. The van der Waals surface area contributed by atoms with Crippen LogP contribution < -0.4 is 9.86 Å². The number of anilines is 1. The van der Waals surface area contributed by atoms with Gasteiger partial charge in [0.05, 0.1) is 11.3 Å². The van der Waals surface area contributed by atoms with Crippen LogP contribution in [0.3, 0.4) is 0 Å². The van der Waals surface area contributed by atoms with Gasteiger partial charge in [-0.25, -0.2) is 9.93 Å². The van der Waals surface area contributed by atoms with Crippen LogP contribution in [0.1, 0.15) is 15.9 Å². The lowest BCUT2D eigenvalue weighted by atomic mass is 10.1. The van der Waals surface area contributed by atoms with Gasteiger partial charge in [-0.15, -0.1) is 0 Å². The Labute approximate surface area is 86.9 Å². The third-order valence-corrected chi connectivity index (χ3v) is 2.25. The third-order valence-electron chi connectivity index (χ3n) is 1.73. The molecule has 0 spiro atoms. The van der Waals surface area contributed by atoms with Gasteiger partial charge >= 0.3 is 5.97 Å². The van der Waals surface area contributed by atoms with Crippen molar-refractivity contribution in [2.45, 2.75) is 6.92 Å².